The predicted molar refractivity (Wildman–Crippen MR) is 76.9 cm³/mol. The van der Waals surface area contributed by atoms with Crippen LogP contribution in [0.25, 0.3) is 5.57 Å². The topological polar surface area (TPSA) is 57.6 Å². The highest BCUT2D eigenvalue weighted by molar-refractivity contribution is 7.90. The number of aromatic hydroxyl groups is 1. The molecule has 1 aromatic rings. The Morgan fingerprint density at radius 2 is 1.95 bits per heavy atom. The Morgan fingerprint density at radius 1 is 1.26 bits per heavy atom. The summed E-state index contributed by atoms with van der Waals surface area (Å²) in [7, 11) is -2.88. The van der Waals surface area contributed by atoms with E-state index in [0.29, 0.717) is 6.54 Å². The molecule has 1 aliphatic heterocycles. The van der Waals surface area contributed by atoms with Gasteiger partial charge in [0.25, 0.3) is 0 Å². The molecule has 0 aliphatic carbocycles. The van der Waals surface area contributed by atoms with E-state index in [-0.39, 0.29) is 11.5 Å². The number of benzene rings is 1. The Balaban J connectivity index is 1.94. The van der Waals surface area contributed by atoms with Gasteiger partial charge in [0.2, 0.25) is 0 Å². The minimum atomic E-state index is -2.88. The summed E-state index contributed by atoms with van der Waals surface area (Å²) < 4.78 is 22.3. The van der Waals surface area contributed by atoms with Crippen LogP contribution in [0.3, 0.4) is 0 Å². The molecule has 0 fully saturated rings. The van der Waals surface area contributed by atoms with Crippen molar-refractivity contribution in [3.05, 3.63) is 35.9 Å². The molecule has 0 unspecified atom stereocenters. The van der Waals surface area contributed by atoms with Crippen LogP contribution in [0.2, 0.25) is 0 Å². The number of nitrogens with zero attached hydrogens (tertiary/aromatic N) is 1. The normalized spacial score (nSPS) is 17.2. The van der Waals surface area contributed by atoms with Gasteiger partial charge in [0.15, 0.2) is 0 Å². The first-order valence-corrected chi connectivity index (χ1v) is 8.38. The van der Waals surface area contributed by atoms with Crippen LogP contribution in [0, 0.1) is 0 Å². The average Bonchev–Trinajstić information content (AvgIpc) is 2.37. The lowest BCUT2D eigenvalue weighted by atomic mass is 9.99. The lowest BCUT2D eigenvalue weighted by Crippen LogP contribution is -2.32. The molecule has 104 valence electrons. The second-order valence-corrected chi connectivity index (χ2v) is 7.22. The van der Waals surface area contributed by atoms with Gasteiger partial charge in [-0.3, -0.25) is 4.90 Å². The molecular weight excluding hydrogens is 262 g/mol. The Bertz CT molecular complexity index is 561. The molecular formula is C14H19NO3S. The van der Waals surface area contributed by atoms with Crippen molar-refractivity contribution in [1.29, 1.82) is 0 Å². The van der Waals surface area contributed by atoms with E-state index in [4.69, 9.17) is 0 Å². The van der Waals surface area contributed by atoms with Gasteiger partial charge >= 0.3 is 0 Å². The second kappa shape index (κ2) is 5.75. The number of phenols is 1. The fourth-order valence-corrected chi connectivity index (χ4v) is 2.74. The second-order valence-electron chi connectivity index (χ2n) is 4.96. The van der Waals surface area contributed by atoms with Crippen LogP contribution in [-0.2, 0) is 9.84 Å². The lowest BCUT2D eigenvalue weighted by Gasteiger charge is -2.26. The standard InChI is InChI=1S/C14H19NO3S/c1-19(17,18)11-10-15-8-6-13(7-9-15)12-2-4-14(16)5-3-12/h2-6,16H,7-11H2,1H3. The summed E-state index contributed by atoms with van der Waals surface area (Å²) in [5, 5.41) is 9.26. The number of rotatable bonds is 4. The van der Waals surface area contributed by atoms with Crippen molar-refractivity contribution in [1.82, 2.24) is 4.90 Å². The van der Waals surface area contributed by atoms with E-state index >= 15 is 0 Å². The number of hydrogen-bond acceptors (Lipinski definition) is 4. The van der Waals surface area contributed by atoms with Crippen LogP contribution in [0.1, 0.15) is 12.0 Å². The van der Waals surface area contributed by atoms with Crippen LogP contribution < -0.4 is 0 Å². The summed E-state index contributed by atoms with van der Waals surface area (Å²) in [5.41, 5.74) is 2.39. The van der Waals surface area contributed by atoms with Gasteiger partial charge in [-0.1, -0.05) is 18.2 Å². The van der Waals surface area contributed by atoms with Gasteiger partial charge in [-0.15, -0.1) is 0 Å². The molecule has 0 spiro atoms. The van der Waals surface area contributed by atoms with Crippen LogP contribution in [0.4, 0.5) is 0 Å². The third kappa shape index (κ3) is 4.36. The first-order valence-electron chi connectivity index (χ1n) is 6.32. The summed E-state index contributed by atoms with van der Waals surface area (Å²) in [6.45, 7) is 2.26. The summed E-state index contributed by atoms with van der Waals surface area (Å²) in [5.74, 6) is 0.491. The third-order valence-corrected chi connectivity index (χ3v) is 4.23. The van der Waals surface area contributed by atoms with E-state index in [2.05, 4.69) is 11.0 Å². The summed E-state index contributed by atoms with van der Waals surface area (Å²) in [6, 6.07) is 7.19. The first-order chi connectivity index (χ1) is 8.94. The minimum Gasteiger partial charge on any atom is -0.508 e. The predicted octanol–water partition coefficient (Wildman–Crippen LogP) is 1.53. The zero-order valence-electron chi connectivity index (χ0n) is 11.0. The Hall–Kier alpha value is -1.33. The smallest absolute Gasteiger partial charge is 0.148 e. The highest BCUT2D eigenvalue weighted by Gasteiger charge is 2.14. The molecule has 0 saturated carbocycles. The molecule has 19 heavy (non-hydrogen) atoms. The van der Waals surface area contributed by atoms with Crippen molar-refractivity contribution in [2.45, 2.75) is 6.42 Å². The number of phenolic OH excluding ortho intramolecular Hbond substituents is 1. The maximum atomic E-state index is 11.1. The Labute approximate surface area is 114 Å². The van der Waals surface area contributed by atoms with Gasteiger partial charge in [0.1, 0.15) is 15.6 Å². The quantitative estimate of drug-likeness (QED) is 0.909. The van der Waals surface area contributed by atoms with Crippen LogP contribution in [0.15, 0.2) is 30.3 Å². The Kier molecular flexibility index (Phi) is 4.27. The molecule has 1 aliphatic rings. The van der Waals surface area contributed by atoms with E-state index in [1.807, 2.05) is 12.1 Å². The highest BCUT2D eigenvalue weighted by atomic mass is 32.2. The van der Waals surface area contributed by atoms with E-state index in [9.17, 15) is 13.5 Å². The summed E-state index contributed by atoms with van der Waals surface area (Å²) in [4.78, 5) is 2.14. The highest BCUT2D eigenvalue weighted by Crippen LogP contribution is 2.23. The number of hydrogen-bond donors (Lipinski definition) is 1. The molecule has 4 nitrogen and oxygen atoms in total. The third-order valence-electron chi connectivity index (χ3n) is 3.31. The first kappa shape index (κ1) is 14.1. The number of sulfone groups is 1. The maximum absolute atomic E-state index is 11.1. The monoisotopic (exact) mass is 281 g/mol. The molecule has 5 heteroatoms. The average molecular weight is 281 g/mol. The largest absolute Gasteiger partial charge is 0.508 e. The van der Waals surface area contributed by atoms with Gasteiger partial charge in [0.05, 0.1) is 5.75 Å². The van der Waals surface area contributed by atoms with E-state index in [1.54, 1.807) is 12.1 Å². The summed E-state index contributed by atoms with van der Waals surface area (Å²) in [6.07, 6.45) is 4.32. The van der Waals surface area contributed by atoms with Crippen molar-refractivity contribution >= 4 is 15.4 Å². The molecule has 1 N–H and O–H groups in total. The van der Waals surface area contributed by atoms with E-state index < -0.39 is 9.84 Å². The molecule has 1 aromatic carbocycles. The van der Waals surface area contributed by atoms with Crippen molar-refractivity contribution in [2.24, 2.45) is 0 Å². The van der Waals surface area contributed by atoms with E-state index in [0.717, 1.165) is 25.1 Å². The van der Waals surface area contributed by atoms with Gasteiger partial charge in [0, 0.05) is 25.9 Å². The molecule has 0 saturated heterocycles. The van der Waals surface area contributed by atoms with Gasteiger partial charge in [-0.2, -0.15) is 0 Å². The van der Waals surface area contributed by atoms with Crippen molar-refractivity contribution < 1.29 is 13.5 Å². The van der Waals surface area contributed by atoms with Crippen LogP contribution in [0.5, 0.6) is 5.75 Å². The molecule has 0 aromatic heterocycles. The molecule has 0 atom stereocenters. The lowest BCUT2D eigenvalue weighted by molar-refractivity contribution is 0.319. The molecule has 0 amide bonds. The SMILES string of the molecule is CS(=O)(=O)CCN1CC=C(c2ccc(O)cc2)CC1. The van der Waals surface area contributed by atoms with E-state index in [1.165, 1.54) is 11.8 Å². The van der Waals surface area contributed by atoms with Crippen LogP contribution in [-0.4, -0.2) is 50.1 Å². The minimum absolute atomic E-state index is 0.218. The fourth-order valence-electron chi connectivity index (χ4n) is 2.15. The van der Waals surface area contributed by atoms with Crippen molar-refractivity contribution in [2.75, 3.05) is 31.6 Å². The van der Waals surface area contributed by atoms with Gasteiger partial charge in [-0.25, -0.2) is 8.42 Å². The van der Waals surface area contributed by atoms with Crippen molar-refractivity contribution in [3.63, 3.8) is 0 Å². The summed E-state index contributed by atoms with van der Waals surface area (Å²) >= 11 is 0. The zero-order valence-corrected chi connectivity index (χ0v) is 11.9. The molecule has 2 rings (SSSR count). The fraction of sp³-hybridized carbons (Fsp3) is 0.429. The molecule has 0 radical (unpaired) electrons. The zero-order chi connectivity index (χ0) is 13.9. The molecule has 1 heterocycles. The molecule has 0 bridgehead atoms. The maximum Gasteiger partial charge on any atom is 0.148 e. The van der Waals surface area contributed by atoms with Gasteiger partial charge in [-0.05, 0) is 29.7 Å². The van der Waals surface area contributed by atoms with Crippen molar-refractivity contribution in [3.8, 4) is 5.75 Å². The van der Waals surface area contributed by atoms with Gasteiger partial charge < -0.3 is 5.11 Å². The van der Waals surface area contributed by atoms with Crippen LogP contribution >= 0.6 is 0 Å². The Morgan fingerprint density at radius 3 is 2.47 bits per heavy atom.